The summed E-state index contributed by atoms with van der Waals surface area (Å²) in [7, 11) is 6.42. The molecule has 0 fully saturated rings. The minimum absolute atomic E-state index is 0.0224. The molecule has 0 unspecified atom stereocenters. The van der Waals surface area contributed by atoms with E-state index in [-0.39, 0.29) is 36.2 Å². The SMILES string of the molecule is C=CC(=O)Nc1cc(Nc2nccc(-c3cn(C)c4ccccc34)n2)c(OCC(F)(F)F)nc1N(C)CC[N+](C)(C)[O-]. The normalized spacial score (nSPS) is 11.8. The molecule has 2 N–H and O–H groups in total. The third-order valence-electron chi connectivity index (χ3n) is 6.19. The summed E-state index contributed by atoms with van der Waals surface area (Å²) in [5.74, 6) is -0.824. The first-order valence-corrected chi connectivity index (χ1v) is 12.8. The van der Waals surface area contributed by atoms with Gasteiger partial charge in [0.2, 0.25) is 17.7 Å². The quantitative estimate of drug-likeness (QED) is 0.146. The number of nitrogens with one attached hydrogen (secondary N) is 2. The molecule has 11 nitrogen and oxygen atoms in total. The first kappa shape index (κ1) is 30.3. The Morgan fingerprint density at radius 3 is 2.64 bits per heavy atom. The zero-order valence-electron chi connectivity index (χ0n) is 23.6. The maximum atomic E-state index is 13.2. The lowest BCUT2D eigenvalue weighted by atomic mass is 10.1. The molecule has 4 rings (SSSR count). The van der Waals surface area contributed by atoms with Gasteiger partial charge in [0.05, 0.1) is 38.6 Å². The van der Waals surface area contributed by atoms with Crippen LogP contribution in [-0.4, -0.2) is 77.1 Å². The van der Waals surface area contributed by atoms with E-state index in [1.165, 1.54) is 26.4 Å². The summed E-state index contributed by atoms with van der Waals surface area (Å²) >= 11 is 0. The fraction of sp³-hybridized carbons (Fsp3) is 0.286. The molecule has 0 aliphatic carbocycles. The second-order valence-corrected chi connectivity index (χ2v) is 10.1. The molecule has 0 atom stereocenters. The molecule has 4 aromatic rings. The predicted molar refractivity (Wildman–Crippen MR) is 155 cm³/mol. The van der Waals surface area contributed by atoms with E-state index in [1.807, 2.05) is 42.1 Å². The van der Waals surface area contributed by atoms with Crippen LogP contribution >= 0.6 is 0 Å². The topological polar surface area (TPSA) is 120 Å². The Morgan fingerprint density at radius 2 is 1.95 bits per heavy atom. The first-order valence-electron chi connectivity index (χ1n) is 12.8. The van der Waals surface area contributed by atoms with Crippen LogP contribution in [0.2, 0.25) is 0 Å². The first-order chi connectivity index (χ1) is 19.7. The minimum atomic E-state index is -4.64. The van der Waals surface area contributed by atoms with E-state index in [4.69, 9.17) is 4.74 Å². The standard InChI is InChI=1S/C28H31F3N8O3/c1-6-24(40)33-21-15-22(26(42-17-28(29,30)31)36-25(21)37(2)13-14-39(4,5)41)35-27-32-12-11-20(34-27)19-16-38(3)23-10-8-7-9-18(19)23/h6-12,15-16H,1,13-14,17H2,2-5H3,(H,33,40)(H,32,34,35). The number of alkyl halides is 3. The lowest BCUT2D eigenvalue weighted by Crippen LogP contribution is -2.40. The van der Waals surface area contributed by atoms with Crippen molar-refractivity contribution in [2.24, 2.45) is 7.05 Å². The summed E-state index contributed by atoms with van der Waals surface area (Å²) in [6.45, 7) is 2.16. The van der Waals surface area contributed by atoms with Gasteiger partial charge in [-0.25, -0.2) is 9.97 Å². The fourth-order valence-corrected chi connectivity index (χ4v) is 4.14. The molecule has 0 radical (unpaired) electrons. The molecule has 222 valence electrons. The maximum absolute atomic E-state index is 13.2. The number of benzene rings is 1. The van der Waals surface area contributed by atoms with Gasteiger partial charge in [-0.05, 0) is 24.3 Å². The van der Waals surface area contributed by atoms with Crippen molar-refractivity contribution in [3.8, 4) is 17.1 Å². The van der Waals surface area contributed by atoms with Crippen molar-refractivity contribution in [3.05, 3.63) is 66.7 Å². The lowest BCUT2D eigenvalue weighted by molar-refractivity contribution is -0.838. The molecular weight excluding hydrogens is 553 g/mol. The van der Waals surface area contributed by atoms with Gasteiger partial charge < -0.3 is 34.7 Å². The Hall–Kier alpha value is -4.69. The van der Waals surface area contributed by atoms with Gasteiger partial charge >= 0.3 is 6.18 Å². The number of anilines is 4. The van der Waals surface area contributed by atoms with Gasteiger partial charge in [0.15, 0.2) is 12.4 Å². The maximum Gasteiger partial charge on any atom is 0.422 e. The van der Waals surface area contributed by atoms with Crippen molar-refractivity contribution in [2.75, 3.05) is 56.4 Å². The van der Waals surface area contributed by atoms with Crippen molar-refractivity contribution in [3.63, 3.8) is 0 Å². The number of hydrogen-bond acceptors (Lipinski definition) is 8. The van der Waals surface area contributed by atoms with Crippen molar-refractivity contribution >= 4 is 40.0 Å². The van der Waals surface area contributed by atoms with E-state index in [1.54, 1.807) is 18.0 Å². The molecule has 0 bridgehead atoms. The lowest BCUT2D eigenvalue weighted by Gasteiger charge is -2.35. The Morgan fingerprint density at radius 1 is 1.21 bits per heavy atom. The summed E-state index contributed by atoms with van der Waals surface area (Å²) < 4.78 is 45.9. The number of hydrogen-bond donors (Lipinski definition) is 2. The number of para-hydroxylation sites is 1. The molecular formula is C28H31F3N8O3. The molecule has 0 spiro atoms. The van der Waals surface area contributed by atoms with E-state index in [2.05, 4.69) is 32.2 Å². The molecule has 1 amide bonds. The molecule has 0 aliphatic rings. The number of nitrogens with zero attached hydrogens (tertiary/aromatic N) is 6. The highest BCUT2D eigenvalue weighted by Crippen LogP contribution is 2.36. The number of halogens is 3. The molecule has 3 aromatic heterocycles. The number of likely N-dealkylation sites (N-methyl/N-ethyl adjacent to an activating group) is 2. The van der Waals surface area contributed by atoms with E-state index in [0.29, 0.717) is 5.69 Å². The van der Waals surface area contributed by atoms with Gasteiger partial charge in [-0.2, -0.15) is 18.2 Å². The van der Waals surface area contributed by atoms with Gasteiger partial charge in [-0.1, -0.05) is 24.8 Å². The number of aromatic nitrogens is 4. The van der Waals surface area contributed by atoms with Crippen LogP contribution in [0.15, 0.2) is 61.4 Å². The molecule has 42 heavy (non-hydrogen) atoms. The van der Waals surface area contributed by atoms with Gasteiger partial charge in [0.1, 0.15) is 5.69 Å². The molecule has 1 aromatic carbocycles. The van der Waals surface area contributed by atoms with Crippen LogP contribution in [-0.2, 0) is 11.8 Å². The number of pyridine rings is 1. The predicted octanol–water partition coefficient (Wildman–Crippen LogP) is 4.85. The number of aryl methyl sites for hydroxylation is 1. The van der Waals surface area contributed by atoms with Gasteiger partial charge in [-0.15, -0.1) is 0 Å². The molecule has 14 heteroatoms. The van der Waals surface area contributed by atoms with Crippen LogP contribution in [0.5, 0.6) is 5.88 Å². The zero-order chi connectivity index (χ0) is 30.7. The average molecular weight is 585 g/mol. The highest BCUT2D eigenvalue weighted by molar-refractivity contribution is 6.01. The van der Waals surface area contributed by atoms with Gasteiger partial charge in [0.25, 0.3) is 0 Å². The van der Waals surface area contributed by atoms with E-state index in [9.17, 15) is 23.2 Å². The summed E-state index contributed by atoms with van der Waals surface area (Å²) in [6.07, 6.45) is -0.164. The fourth-order valence-electron chi connectivity index (χ4n) is 4.14. The second kappa shape index (κ2) is 12.0. The van der Waals surface area contributed by atoms with Crippen LogP contribution in [0, 0.1) is 5.21 Å². The number of fused-ring (bicyclic) bond motifs is 1. The number of amides is 1. The van der Waals surface area contributed by atoms with Crippen molar-refractivity contribution < 1.29 is 27.3 Å². The summed E-state index contributed by atoms with van der Waals surface area (Å²) in [5.41, 5.74) is 2.52. The van der Waals surface area contributed by atoms with Crippen LogP contribution in [0.25, 0.3) is 22.2 Å². The monoisotopic (exact) mass is 584 g/mol. The molecule has 0 aliphatic heterocycles. The number of ether oxygens (including phenoxy) is 1. The number of quaternary nitrogens is 1. The largest absolute Gasteiger partial charge is 0.633 e. The molecule has 3 heterocycles. The van der Waals surface area contributed by atoms with Crippen molar-refractivity contribution in [1.29, 1.82) is 0 Å². The number of rotatable bonds is 11. The van der Waals surface area contributed by atoms with Crippen molar-refractivity contribution in [2.45, 2.75) is 6.18 Å². The highest BCUT2D eigenvalue weighted by atomic mass is 19.4. The minimum Gasteiger partial charge on any atom is -0.633 e. The average Bonchev–Trinajstić information content (AvgIpc) is 3.27. The van der Waals surface area contributed by atoms with Crippen molar-refractivity contribution in [1.82, 2.24) is 19.5 Å². The number of hydroxylamine groups is 3. The Balaban J connectivity index is 1.76. The number of carbonyl (C=O) groups is 1. The Kier molecular flexibility index (Phi) is 8.68. The van der Waals surface area contributed by atoms with Crippen LogP contribution < -0.4 is 20.3 Å². The third-order valence-corrected chi connectivity index (χ3v) is 6.19. The van der Waals surface area contributed by atoms with E-state index >= 15 is 0 Å². The summed E-state index contributed by atoms with van der Waals surface area (Å²) in [5, 5.41) is 18.6. The van der Waals surface area contributed by atoms with Crippen LogP contribution in [0.1, 0.15) is 0 Å². The number of carbonyl (C=O) groups excluding carboxylic acids is 1. The smallest absolute Gasteiger partial charge is 0.422 e. The Bertz CT molecular complexity index is 1600. The highest BCUT2D eigenvalue weighted by Gasteiger charge is 2.30. The molecule has 0 saturated heterocycles. The summed E-state index contributed by atoms with van der Waals surface area (Å²) in [4.78, 5) is 26.9. The van der Waals surface area contributed by atoms with Gasteiger partial charge in [-0.3, -0.25) is 4.79 Å². The van der Waals surface area contributed by atoms with Crippen LogP contribution in [0.3, 0.4) is 0 Å². The van der Waals surface area contributed by atoms with E-state index in [0.717, 1.165) is 22.5 Å². The zero-order valence-corrected chi connectivity index (χ0v) is 23.6. The molecule has 0 saturated carbocycles. The third kappa shape index (κ3) is 7.53. The van der Waals surface area contributed by atoms with Gasteiger partial charge in [0, 0.05) is 43.0 Å². The Labute approximate surface area is 240 Å². The summed E-state index contributed by atoms with van der Waals surface area (Å²) in [6, 6.07) is 10.9. The van der Waals surface area contributed by atoms with Crippen LogP contribution in [0.4, 0.5) is 36.3 Å². The second-order valence-electron chi connectivity index (χ2n) is 10.1. The van der Waals surface area contributed by atoms with E-state index < -0.39 is 29.2 Å².